The highest BCUT2D eigenvalue weighted by atomic mass is 127. The predicted octanol–water partition coefficient (Wildman–Crippen LogP) is 3.43. The van der Waals surface area contributed by atoms with Crippen LogP contribution in [0.3, 0.4) is 0 Å². The second-order valence-corrected chi connectivity index (χ2v) is 5.19. The summed E-state index contributed by atoms with van der Waals surface area (Å²) in [6, 6.07) is 6.41. The Hall–Kier alpha value is -1.04. The van der Waals surface area contributed by atoms with Crippen LogP contribution < -0.4 is 5.32 Å². The number of aromatic nitrogens is 2. The number of nitrogens with one attached hydrogen (secondary N) is 1. The molecule has 1 aromatic heterocycles. The minimum atomic E-state index is 0.766. The van der Waals surface area contributed by atoms with Gasteiger partial charge in [-0.05, 0) is 60.2 Å². The van der Waals surface area contributed by atoms with Crippen LogP contribution in [0.1, 0.15) is 18.3 Å². The molecule has 0 saturated heterocycles. The van der Waals surface area contributed by atoms with E-state index in [2.05, 4.69) is 69.5 Å². The molecule has 1 aromatic carbocycles. The number of hydrogen-bond acceptors (Lipinski definition) is 2. The lowest BCUT2D eigenvalue weighted by molar-refractivity contribution is 0.708. The van der Waals surface area contributed by atoms with Crippen LogP contribution in [0, 0.1) is 10.5 Å². The first kappa shape index (κ1) is 12.4. The molecule has 0 fully saturated rings. The van der Waals surface area contributed by atoms with Gasteiger partial charge in [0.15, 0.2) is 0 Å². The van der Waals surface area contributed by atoms with Gasteiger partial charge in [-0.25, -0.2) is 4.98 Å². The van der Waals surface area contributed by atoms with Gasteiger partial charge in [-0.3, -0.25) is 0 Å². The Morgan fingerprint density at radius 3 is 2.94 bits per heavy atom. The van der Waals surface area contributed by atoms with Crippen molar-refractivity contribution in [2.24, 2.45) is 0 Å². The van der Waals surface area contributed by atoms with E-state index >= 15 is 0 Å². The number of hydrogen-bond donors (Lipinski definition) is 1. The fourth-order valence-electron chi connectivity index (χ4n) is 1.79. The van der Waals surface area contributed by atoms with Crippen molar-refractivity contribution >= 4 is 28.3 Å². The Morgan fingerprint density at radius 2 is 2.24 bits per heavy atom. The summed E-state index contributed by atoms with van der Waals surface area (Å²) < 4.78 is 3.41. The number of anilines is 1. The molecule has 0 aliphatic rings. The Bertz CT molecular complexity index is 505. The van der Waals surface area contributed by atoms with Crippen molar-refractivity contribution in [1.29, 1.82) is 0 Å². The SMILES string of the molecule is CCn1ccnc1CNc1ccc(I)cc1C. The van der Waals surface area contributed by atoms with Gasteiger partial charge in [0.2, 0.25) is 0 Å². The molecule has 0 spiro atoms. The lowest BCUT2D eigenvalue weighted by atomic mass is 10.2. The van der Waals surface area contributed by atoms with Gasteiger partial charge in [-0.1, -0.05) is 0 Å². The number of nitrogens with zero attached hydrogens (tertiary/aromatic N) is 2. The van der Waals surface area contributed by atoms with E-state index in [0.29, 0.717) is 0 Å². The molecular weight excluding hydrogens is 325 g/mol. The van der Waals surface area contributed by atoms with Crippen LogP contribution in [0.4, 0.5) is 5.69 Å². The molecule has 0 radical (unpaired) electrons. The highest BCUT2D eigenvalue weighted by molar-refractivity contribution is 14.1. The van der Waals surface area contributed by atoms with Crippen molar-refractivity contribution in [1.82, 2.24) is 9.55 Å². The molecule has 1 N–H and O–H groups in total. The van der Waals surface area contributed by atoms with Gasteiger partial charge in [-0.15, -0.1) is 0 Å². The molecule has 0 amide bonds. The van der Waals surface area contributed by atoms with Crippen LogP contribution in [0.15, 0.2) is 30.6 Å². The van der Waals surface area contributed by atoms with Gasteiger partial charge in [0.05, 0.1) is 6.54 Å². The minimum Gasteiger partial charge on any atom is -0.378 e. The molecule has 0 bridgehead atoms. The van der Waals surface area contributed by atoms with E-state index in [4.69, 9.17) is 0 Å². The highest BCUT2D eigenvalue weighted by Gasteiger charge is 2.02. The summed E-state index contributed by atoms with van der Waals surface area (Å²) in [5, 5.41) is 3.43. The quantitative estimate of drug-likeness (QED) is 0.864. The van der Waals surface area contributed by atoms with Crippen molar-refractivity contribution < 1.29 is 0 Å². The van der Waals surface area contributed by atoms with Crippen LogP contribution in [0.2, 0.25) is 0 Å². The van der Waals surface area contributed by atoms with Gasteiger partial charge < -0.3 is 9.88 Å². The fraction of sp³-hybridized carbons (Fsp3) is 0.308. The summed E-state index contributed by atoms with van der Waals surface area (Å²) in [5.74, 6) is 1.07. The Balaban J connectivity index is 2.07. The lowest BCUT2D eigenvalue weighted by Gasteiger charge is -2.10. The van der Waals surface area contributed by atoms with Gasteiger partial charge >= 0.3 is 0 Å². The second kappa shape index (κ2) is 5.53. The third-order valence-electron chi connectivity index (χ3n) is 2.77. The summed E-state index contributed by atoms with van der Waals surface area (Å²) in [7, 11) is 0. The maximum absolute atomic E-state index is 4.35. The van der Waals surface area contributed by atoms with Crippen LogP contribution in [0.5, 0.6) is 0 Å². The van der Waals surface area contributed by atoms with Crippen molar-refractivity contribution in [3.05, 3.63) is 45.6 Å². The molecule has 90 valence electrons. The maximum Gasteiger partial charge on any atom is 0.128 e. The number of benzene rings is 1. The van der Waals surface area contributed by atoms with E-state index < -0.39 is 0 Å². The molecule has 0 aliphatic carbocycles. The van der Waals surface area contributed by atoms with Gasteiger partial charge in [0.1, 0.15) is 5.82 Å². The predicted molar refractivity (Wildman–Crippen MR) is 79.1 cm³/mol. The first-order chi connectivity index (χ1) is 8.20. The summed E-state index contributed by atoms with van der Waals surface area (Å²) >= 11 is 2.33. The van der Waals surface area contributed by atoms with Crippen LogP contribution in [-0.2, 0) is 13.1 Å². The van der Waals surface area contributed by atoms with Gasteiger partial charge in [0, 0.05) is 28.2 Å². The number of imidazole rings is 1. The second-order valence-electron chi connectivity index (χ2n) is 3.94. The van der Waals surface area contributed by atoms with Crippen molar-refractivity contribution in [2.75, 3.05) is 5.32 Å². The Morgan fingerprint density at radius 1 is 1.41 bits per heavy atom. The zero-order chi connectivity index (χ0) is 12.3. The first-order valence-corrected chi connectivity index (χ1v) is 6.78. The number of aryl methyl sites for hydroxylation is 2. The van der Waals surface area contributed by atoms with Crippen LogP contribution in [-0.4, -0.2) is 9.55 Å². The molecule has 1 heterocycles. The van der Waals surface area contributed by atoms with E-state index in [1.165, 1.54) is 14.8 Å². The monoisotopic (exact) mass is 341 g/mol. The third-order valence-corrected chi connectivity index (χ3v) is 3.44. The normalized spacial score (nSPS) is 10.5. The molecule has 0 unspecified atom stereocenters. The Labute approximate surface area is 115 Å². The van der Waals surface area contributed by atoms with Crippen LogP contribution in [0.25, 0.3) is 0 Å². The van der Waals surface area contributed by atoms with Gasteiger partial charge in [0.25, 0.3) is 0 Å². The molecule has 0 saturated carbocycles. The van der Waals surface area contributed by atoms with E-state index in [0.717, 1.165) is 18.9 Å². The summed E-state index contributed by atoms with van der Waals surface area (Å²) in [6.07, 6.45) is 3.86. The van der Waals surface area contributed by atoms with Crippen molar-refractivity contribution in [3.8, 4) is 0 Å². The fourth-order valence-corrected chi connectivity index (χ4v) is 2.44. The standard InChI is InChI=1S/C13H16IN3/c1-3-17-7-6-15-13(17)9-16-12-5-4-11(14)8-10(12)2/h4-8,16H,3,9H2,1-2H3. The molecule has 0 atom stereocenters. The summed E-state index contributed by atoms with van der Waals surface area (Å²) in [5.41, 5.74) is 2.45. The summed E-state index contributed by atoms with van der Waals surface area (Å²) in [4.78, 5) is 4.35. The van der Waals surface area contributed by atoms with E-state index in [-0.39, 0.29) is 0 Å². The topological polar surface area (TPSA) is 29.9 Å². The van der Waals surface area contributed by atoms with Crippen LogP contribution >= 0.6 is 22.6 Å². The molecule has 3 nitrogen and oxygen atoms in total. The summed E-state index contributed by atoms with van der Waals surface area (Å²) in [6.45, 7) is 5.98. The van der Waals surface area contributed by atoms with Crippen molar-refractivity contribution in [3.63, 3.8) is 0 Å². The smallest absolute Gasteiger partial charge is 0.128 e. The Kier molecular flexibility index (Phi) is 4.04. The average Bonchev–Trinajstić information content (AvgIpc) is 2.75. The lowest BCUT2D eigenvalue weighted by Crippen LogP contribution is -2.08. The van der Waals surface area contributed by atoms with Crippen molar-refractivity contribution in [2.45, 2.75) is 26.9 Å². The van der Waals surface area contributed by atoms with Gasteiger partial charge in [-0.2, -0.15) is 0 Å². The number of rotatable bonds is 4. The third kappa shape index (κ3) is 3.00. The number of halogens is 1. The molecule has 17 heavy (non-hydrogen) atoms. The molecule has 4 heteroatoms. The first-order valence-electron chi connectivity index (χ1n) is 5.70. The zero-order valence-corrected chi connectivity index (χ0v) is 12.2. The molecule has 2 rings (SSSR count). The largest absolute Gasteiger partial charge is 0.378 e. The van der Waals surface area contributed by atoms with E-state index in [1.54, 1.807) is 0 Å². The maximum atomic E-state index is 4.35. The molecular formula is C13H16IN3. The van der Waals surface area contributed by atoms with E-state index in [9.17, 15) is 0 Å². The highest BCUT2D eigenvalue weighted by Crippen LogP contribution is 2.18. The van der Waals surface area contributed by atoms with E-state index in [1.807, 2.05) is 12.4 Å². The molecule has 2 aromatic rings. The zero-order valence-electron chi connectivity index (χ0n) is 10.1. The molecule has 0 aliphatic heterocycles. The minimum absolute atomic E-state index is 0.766. The average molecular weight is 341 g/mol.